The fraction of sp³-hybridized carbons (Fsp3) is 0.667. The average molecular weight is 535 g/mol. The van der Waals surface area contributed by atoms with Gasteiger partial charge in [-0.2, -0.15) is 0 Å². The number of nitrogens with two attached hydrogens (primary N) is 1. The maximum absolute atomic E-state index is 16.2. The number of aliphatic imine (C=N–C) groups is 1. The summed E-state index contributed by atoms with van der Waals surface area (Å²) in [6, 6.07) is 4.22. The van der Waals surface area contributed by atoms with Crippen molar-refractivity contribution in [2.75, 3.05) is 6.61 Å². The second kappa shape index (κ2) is 9.06. The monoisotopic (exact) mass is 534 g/mol. The summed E-state index contributed by atoms with van der Waals surface area (Å²) in [5.74, 6) is -5.37. The molecule has 5 atom stereocenters. The largest absolute Gasteiger partial charge is 0.410 e. The number of primary amides is 1. The van der Waals surface area contributed by atoms with Crippen molar-refractivity contribution in [3.8, 4) is 0 Å². The first kappa shape index (κ1) is 28.0. The predicted octanol–water partition coefficient (Wildman–Crippen LogP) is 6.54. The van der Waals surface area contributed by atoms with E-state index in [1.54, 1.807) is 20.8 Å². The number of rotatable bonds is 7. The zero-order valence-corrected chi connectivity index (χ0v) is 23.0. The molecule has 0 bridgehead atoms. The lowest BCUT2D eigenvalue weighted by molar-refractivity contribution is -0.204. The van der Waals surface area contributed by atoms with Crippen molar-refractivity contribution in [1.29, 1.82) is 0 Å². The maximum Gasteiger partial charge on any atom is 0.407 e. The number of alkyl halides is 2. The number of ether oxygens (including phenoxy) is 2. The Bertz CT molecular complexity index is 1030. The molecular weight excluding hydrogens is 500 g/mol. The van der Waals surface area contributed by atoms with E-state index in [1.165, 1.54) is 19.1 Å². The predicted molar refractivity (Wildman–Crippen MR) is 133 cm³/mol. The van der Waals surface area contributed by atoms with Gasteiger partial charge >= 0.3 is 6.09 Å². The quantitative estimate of drug-likeness (QED) is 0.245. The molecule has 1 unspecified atom stereocenters. The third-order valence-electron chi connectivity index (χ3n) is 6.78. The molecule has 3 rings (SSSR count). The van der Waals surface area contributed by atoms with Crippen molar-refractivity contribution < 1.29 is 31.8 Å². The van der Waals surface area contributed by atoms with Gasteiger partial charge in [-0.1, -0.05) is 64.3 Å². The lowest BCUT2D eigenvalue weighted by atomic mass is 9.65. The molecule has 196 valence electrons. The lowest BCUT2D eigenvalue weighted by Gasteiger charge is -2.57. The minimum Gasteiger partial charge on any atom is -0.410 e. The Kier molecular flexibility index (Phi) is 7.24. The minimum atomic E-state index is -2.51. The zero-order chi connectivity index (χ0) is 26.6. The summed E-state index contributed by atoms with van der Waals surface area (Å²) in [5.41, 5.74) is 2.49. The first-order chi connectivity index (χ1) is 15.9. The lowest BCUT2D eigenvalue weighted by Crippen LogP contribution is -2.66. The van der Waals surface area contributed by atoms with Crippen molar-refractivity contribution in [3.63, 3.8) is 0 Å². The van der Waals surface area contributed by atoms with Crippen LogP contribution in [0.1, 0.15) is 39.7 Å². The van der Waals surface area contributed by atoms with Gasteiger partial charge in [-0.3, -0.25) is 4.99 Å². The van der Waals surface area contributed by atoms with Gasteiger partial charge in [0, 0.05) is 31.6 Å². The molecule has 0 aromatic heterocycles. The second-order valence-corrected chi connectivity index (χ2v) is 18.5. The van der Waals surface area contributed by atoms with Gasteiger partial charge in [0.15, 0.2) is 16.6 Å². The van der Waals surface area contributed by atoms with Gasteiger partial charge in [0.05, 0.1) is 5.54 Å². The molecule has 1 aromatic carbocycles. The van der Waals surface area contributed by atoms with E-state index in [0.717, 1.165) is 6.07 Å². The smallest absolute Gasteiger partial charge is 0.407 e. The van der Waals surface area contributed by atoms with Gasteiger partial charge in [-0.15, -0.1) is 0 Å². The van der Waals surface area contributed by atoms with Crippen LogP contribution in [0.15, 0.2) is 23.2 Å². The normalized spacial score (nSPS) is 30.5. The fourth-order valence-corrected chi connectivity index (χ4v) is 7.02. The number of halogens is 4. The van der Waals surface area contributed by atoms with Crippen LogP contribution in [-0.2, 0) is 15.0 Å². The van der Waals surface area contributed by atoms with Crippen molar-refractivity contribution in [1.82, 2.24) is 0 Å². The third kappa shape index (κ3) is 4.87. The number of amides is 1. The van der Waals surface area contributed by atoms with E-state index in [-0.39, 0.29) is 23.6 Å². The van der Waals surface area contributed by atoms with Crippen LogP contribution in [0, 0.1) is 23.0 Å². The molecule has 1 aliphatic heterocycles. The van der Waals surface area contributed by atoms with E-state index in [9.17, 15) is 18.0 Å². The Morgan fingerprint density at radius 2 is 1.91 bits per heavy atom. The van der Waals surface area contributed by atoms with Crippen molar-refractivity contribution in [3.05, 3.63) is 35.4 Å². The van der Waals surface area contributed by atoms with Gasteiger partial charge < -0.3 is 15.2 Å². The Labute approximate surface area is 209 Å². The molecule has 11 heteroatoms. The van der Waals surface area contributed by atoms with Crippen molar-refractivity contribution in [2.24, 2.45) is 22.1 Å². The first-order valence-electron chi connectivity index (χ1n) is 11.6. The maximum atomic E-state index is 16.2. The number of fused-ring (bicyclic) bond motifs is 1. The molecule has 1 saturated carbocycles. The van der Waals surface area contributed by atoms with Crippen LogP contribution < -0.4 is 5.73 Å². The summed E-state index contributed by atoms with van der Waals surface area (Å²) in [6.45, 7) is 13.1. The molecule has 1 fully saturated rings. The van der Waals surface area contributed by atoms with Crippen LogP contribution in [0.3, 0.4) is 0 Å². The minimum absolute atomic E-state index is 0.145. The molecule has 1 aromatic rings. The Balaban J connectivity index is 2.24. The SMILES string of the molecule is CC(C)(C)C(OCC[Si](C)(C)C)(OC(N)=O)C1=N[C@](C)(c2cccc(F)c2F)[C@@H]2C[C@H](F)[C@]2(F)S1. The molecule has 1 aliphatic carbocycles. The van der Waals surface area contributed by atoms with E-state index in [4.69, 9.17) is 15.2 Å². The topological polar surface area (TPSA) is 73.9 Å². The van der Waals surface area contributed by atoms with Crippen LogP contribution in [-0.4, -0.2) is 42.8 Å². The zero-order valence-electron chi connectivity index (χ0n) is 21.2. The van der Waals surface area contributed by atoms with Crippen LogP contribution >= 0.6 is 11.8 Å². The highest BCUT2D eigenvalue weighted by Crippen LogP contribution is 2.65. The van der Waals surface area contributed by atoms with Gasteiger partial charge in [0.25, 0.3) is 5.79 Å². The summed E-state index contributed by atoms with van der Waals surface area (Å²) >= 11 is 0.478. The molecule has 1 heterocycles. The van der Waals surface area contributed by atoms with E-state index < -0.39 is 59.6 Å². The van der Waals surface area contributed by atoms with Gasteiger partial charge in [-0.05, 0) is 25.5 Å². The number of hydrogen-bond donors (Lipinski definition) is 1. The van der Waals surface area contributed by atoms with E-state index in [0.29, 0.717) is 17.8 Å². The molecule has 2 aliphatic rings. The van der Waals surface area contributed by atoms with Crippen LogP contribution in [0.2, 0.25) is 25.7 Å². The summed E-state index contributed by atoms with van der Waals surface area (Å²) in [4.78, 5) is 16.8. The number of nitrogens with zero attached hydrogens (tertiary/aromatic N) is 1. The molecule has 2 N–H and O–H groups in total. The average Bonchev–Trinajstić information content (AvgIpc) is 2.69. The number of thioether (sulfide) groups is 1. The Hall–Kier alpha value is -1.59. The van der Waals surface area contributed by atoms with Crippen LogP contribution in [0.5, 0.6) is 0 Å². The van der Waals surface area contributed by atoms with Gasteiger partial charge in [0.2, 0.25) is 0 Å². The molecule has 35 heavy (non-hydrogen) atoms. The van der Waals surface area contributed by atoms with Gasteiger partial charge in [0.1, 0.15) is 11.2 Å². The second-order valence-electron chi connectivity index (χ2n) is 11.7. The van der Waals surface area contributed by atoms with Crippen molar-refractivity contribution >= 4 is 31.0 Å². The van der Waals surface area contributed by atoms with E-state index >= 15 is 4.39 Å². The number of carbonyl (C=O) groups is 1. The summed E-state index contributed by atoms with van der Waals surface area (Å²) in [5, 5.41) is -2.68. The third-order valence-corrected chi connectivity index (χ3v) is 9.89. The summed E-state index contributed by atoms with van der Waals surface area (Å²) in [7, 11) is -1.61. The van der Waals surface area contributed by atoms with Crippen LogP contribution in [0.25, 0.3) is 0 Å². The first-order valence-corrected chi connectivity index (χ1v) is 16.1. The highest BCUT2D eigenvalue weighted by molar-refractivity contribution is 8.15. The van der Waals surface area contributed by atoms with Crippen molar-refractivity contribution in [2.45, 2.75) is 82.3 Å². The molecule has 0 spiro atoms. The van der Waals surface area contributed by atoms with E-state index in [2.05, 4.69) is 24.6 Å². The Morgan fingerprint density at radius 3 is 2.43 bits per heavy atom. The number of benzene rings is 1. The Morgan fingerprint density at radius 1 is 1.29 bits per heavy atom. The molecule has 0 saturated heterocycles. The summed E-state index contributed by atoms with van der Waals surface area (Å²) < 4.78 is 72.0. The number of hydrogen-bond acceptors (Lipinski definition) is 5. The van der Waals surface area contributed by atoms with Crippen LogP contribution in [0.4, 0.5) is 22.4 Å². The molecule has 0 radical (unpaired) electrons. The standard InChI is InChI=1S/C24H34F4N2O3SSi/c1-21(2,3)24(33-20(29)31,32-11-12-35(5,6)7)19-30-22(4,14-9-8-10-15(25)18(14)27)16-13-17(26)23(16,28)34-19/h8-10,16-17H,11-13H2,1-7H3,(H2,29,31)/t16-,17-,22+,23+,24?/m0/s1. The fourth-order valence-electron chi connectivity index (χ4n) is 4.55. The van der Waals surface area contributed by atoms with E-state index in [1.807, 2.05) is 0 Å². The highest BCUT2D eigenvalue weighted by Gasteiger charge is 2.70. The highest BCUT2D eigenvalue weighted by atomic mass is 32.2. The number of carbonyl (C=O) groups excluding carboxylic acids is 1. The summed E-state index contributed by atoms with van der Waals surface area (Å²) in [6.07, 6.45) is -3.29. The molecule has 5 nitrogen and oxygen atoms in total. The molecular formula is C24H34F4N2O3SSi. The van der Waals surface area contributed by atoms with Gasteiger partial charge in [-0.25, -0.2) is 22.4 Å². The molecule has 1 amide bonds.